The third kappa shape index (κ3) is 2.57. The molecule has 108 valence electrons. The molecule has 4 nitrogen and oxygen atoms in total. The number of hydrogen-bond donors (Lipinski definition) is 1. The van der Waals surface area contributed by atoms with E-state index in [2.05, 4.69) is 41.7 Å². The van der Waals surface area contributed by atoms with Crippen LogP contribution in [-0.2, 0) is 12.0 Å². The number of fused-ring (bicyclic) bond motifs is 1. The van der Waals surface area contributed by atoms with Gasteiger partial charge >= 0.3 is 0 Å². The molecule has 4 heteroatoms. The van der Waals surface area contributed by atoms with Gasteiger partial charge in [0.2, 0.25) is 0 Å². The Balaban J connectivity index is 2.01. The van der Waals surface area contributed by atoms with Gasteiger partial charge in [0, 0.05) is 18.2 Å². The molecule has 0 amide bonds. The van der Waals surface area contributed by atoms with Crippen LogP contribution in [0, 0.1) is 5.92 Å². The fourth-order valence-electron chi connectivity index (χ4n) is 3.03. The third-order valence-electron chi connectivity index (χ3n) is 4.07. The summed E-state index contributed by atoms with van der Waals surface area (Å²) in [6.45, 7) is 10.0. The summed E-state index contributed by atoms with van der Waals surface area (Å²) in [6, 6.07) is 4.03. The summed E-state index contributed by atoms with van der Waals surface area (Å²) in [5, 5.41) is 3.44. The molecule has 0 aliphatic carbocycles. The van der Waals surface area contributed by atoms with Gasteiger partial charge in [-0.05, 0) is 44.0 Å². The van der Waals surface area contributed by atoms with E-state index < -0.39 is 0 Å². The smallest absolute Gasteiger partial charge is 0.160 e. The molecule has 0 unspecified atom stereocenters. The third-order valence-corrected chi connectivity index (χ3v) is 4.07. The van der Waals surface area contributed by atoms with Crippen molar-refractivity contribution in [3.63, 3.8) is 0 Å². The zero-order valence-electron chi connectivity index (χ0n) is 12.7. The Kier molecular flexibility index (Phi) is 3.50. The molecule has 3 heterocycles. The van der Waals surface area contributed by atoms with Crippen molar-refractivity contribution in [2.75, 3.05) is 13.1 Å². The molecule has 0 radical (unpaired) electrons. The highest BCUT2D eigenvalue weighted by Crippen LogP contribution is 2.27. The van der Waals surface area contributed by atoms with E-state index >= 15 is 0 Å². The van der Waals surface area contributed by atoms with Crippen LogP contribution in [0.2, 0.25) is 0 Å². The molecule has 1 aliphatic rings. The number of piperidine rings is 1. The first kappa shape index (κ1) is 13.6. The van der Waals surface area contributed by atoms with Crippen LogP contribution in [0.25, 0.3) is 11.2 Å². The summed E-state index contributed by atoms with van der Waals surface area (Å²) in [4.78, 5) is 9.40. The van der Waals surface area contributed by atoms with E-state index in [1.807, 2.05) is 12.3 Å². The van der Waals surface area contributed by atoms with Crippen LogP contribution >= 0.6 is 0 Å². The second kappa shape index (κ2) is 5.17. The number of nitrogens with zero attached hydrogens (tertiary/aromatic N) is 3. The van der Waals surface area contributed by atoms with Crippen LogP contribution in [0.3, 0.4) is 0 Å². The summed E-state index contributed by atoms with van der Waals surface area (Å²) in [6.07, 6.45) is 4.36. The Labute approximate surface area is 120 Å². The minimum Gasteiger partial charge on any atom is -0.317 e. The second-order valence-corrected chi connectivity index (χ2v) is 6.84. The first-order valence-corrected chi connectivity index (χ1v) is 7.58. The zero-order chi connectivity index (χ0) is 14.2. The average molecular weight is 272 g/mol. The molecule has 1 N–H and O–H groups in total. The number of rotatable bonds is 2. The fourth-order valence-corrected chi connectivity index (χ4v) is 3.03. The van der Waals surface area contributed by atoms with Gasteiger partial charge in [-0.25, -0.2) is 9.97 Å². The lowest BCUT2D eigenvalue weighted by molar-refractivity contribution is 0.325. The summed E-state index contributed by atoms with van der Waals surface area (Å²) >= 11 is 0. The molecule has 0 bridgehead atoms. The van der Waals surface area contributed by atoms with Gasteiger partial charge in [-0.3, -0.25) is 0 Å². The minimum atomic E-state index is 0.0492. The van der Waals surface area contributed by atoms with Gasteiger partial charge in [0.05, 0.1) is 0 Å². The van der Waals surface area contributed by atoms with Gasteiger partial charge in [0.1, 0.15) is 11.3 Å². The van der Waals surface area contributed by atoms with E-state index in [1.54, 1.807) is 0 Å². The van der Waals surface area contributed by atoms with E-state index in [0.29, 0.717) is 0 Å². The number of hydrogen-bond acceptors (Lipinski definition) is 3. The van der Waals surface area contributed by atoms with Crippen LogP contribution in [0.15, 0.2) is 18.3 Å². The molecule has 3 rings (SSSR count). The highest BCUT2D eigenvalue weighted by molar-refractivity contribution is 5.71. The maximum Gasteiger partial charge on any atom is 0.160 e. The molecule has 0 atom stereocenters. The Morgan fingerprint density at radius 3 is 2.75 bits per heavy atom. The van der Waals surface area contributed by atoms with Crippen LogP contribution in [-0.4, -0.2) is 27.6 Å². The molecule has 1 saturated heterocycles. The molecule has 1 fully saturated rings. The summed E-state index contributed by atoms with van der Waals surface area (Å²) in [5.74, 6) is 1.89. The number of nitrogens with one attached hydrogen (secondary N) is 1. The Hall–Kier alpha value is -1.42. The maximum atomic E-state index is 4.83. The lowest BCUT2D eigenvalue weighted by atomic mass is 9.94. The predicted molar refractivity (Wildman–Crippen MR) is 81.8 cm³/mol. The summed E-state index contributed by atoms with van der Waals surface area (Å²) in [5.41, 5.74) is 2.11. The highest BCUT2D eigenvalue weighted by Gasteiger charge is 2.25. The van der Waals surface area contributed by atoms with E-state index in [0.717, 1.165) is 42.5 Å². The summed E-state index contributed by atoms with van der Waals surface area (Å²) < 4.78 is 2.35. The van der Waals surface area contributed by atoms with Gasteiger partial charge in [-0.15, -0.1) is 0 Å². The molecule has 2 aromatic heterocycles. The van der Waals surface area contributed by atoms with E-state index in [-0.39, 0.29) is 5.41 Å². The Morgan fingerprint density at radius 2 is 2.05 bits per heavy atom. The van der Waals surface area contributed by atoms with Gasteiger partial charge in [-0.2, -0.15) is 0 Å². The van der Waals surface area contributed by atoms with Crippen molar-refractivity contribution in [1.82, 2.24) is 19.9 Å². The normalized spacial score (nSPS) is 17.8. The SMILES string of the molecule is CC(C)(C)c1nc2cccnc2n1CC1CCNCC1. The van der Waals surface area contributed by atoms with Gasteiger partial charge in [-0.1, -0.05) is 20.8 Å². The molecule has 0 spiro atoms. The second-order valence-electron chi connectivity index (χ2n) is 6.84. The largest absolute Gasteiger partial charge is 0.317 e. The minimum absolute atomic E-state index is 0.0492. The predicted octanol–water partition coefficient (Wildman–Crippen LogP) is 2.73. The van der Waals surface area contributed by atoms with Gasteiger partial charge < -0.3 is 9.88 Å². The zero-order valence-corrected chi connectivity index (χ0v) is 12.7. The molecule has 20 heavy (non-hydrogen) atoms. The first-order valence-electron chi connectivity index (χ1n) is 7.58. The lowest BCUT2D eigenvalue weighted by Gasteiger charge is -2.26. The monoisotopic (exact) mass is 272 g/mol. The standard InChI is InChI=1S/C16H24N4/c1-16(2,3)15-19-13-5-4-8-18-14(13)20(15)11-12-6-9-17-10-7-12/h4-5,8,12,17H,6-7,9-11H2,1-3H3. The number of pyridine rings is 1. The topological polar surface area (TPSA) is 42.7 Å². The summed E-state index contributed by atoms with van der Waals surface area (Å²) in [7, 11) is 0. The maximum absolute atomic E-state index is 4.83. The lowest BCUT2D eigenvalue weighted by Crippen LogP contribution is -2.31. The van der Waals surface area contributed by atoms with Crippen LogP contribution in [0.5, 0.6) is 0 Å². The van der Waals surface area contributed by atoms with Crippen LogP contribution in [0.1, 0.15) is 39.4 Å². The van der Waals surface area contributed by atoms with Gasteiger partial charge in [0.15, 0.2) is 5.65 Å². The number of imidazole rings is 1. The van der Waals surface area contributed by atoms with Crippen LogP contribution in [0.4, 0.5) is 0 Å². The number of aromatic nitrogens is 3. The molecular formula is C16H24N4. The van der Waals surface area contributed by atoms with Crippen molar-refractivity contribution < 1.29 is 0 Å². The first-order chi connectivity index (χ1) is 9.55. The van der Waals surface area contributed by atoms with E-state index in [1.165, 1.54) is 12.8 Å². The molecule has 1 aliphatic heterocycles. The fraction of sp³-hybridized carbons (Fsp3) is 0.625. The molecule has 2 aromatic rings. The van der Waals surface area contributed by atoms with Crippen LogP contribution < -0.4 is 5.32 Å². The molecular weight excluding hydrogens is 248 g/mol. The van der Waals surface area contributed by atoms with Gasteiger partial charge in [0.25, 0.3) is 0 Å². The Bertz CT molecular complexity index is 588. The Morgan fingerprint density at radius 1 is 1.30 bits per heavy atom. The van der Waals surface area contributed by atoms with Crippen molar-refractivity contribution in [2.45, 2.75) is 45.6 Å². The van der Waals surface area contributed by atoms with Crippen molar-refractivity contribution in [3.05, 3.63) is 24.2 Å². The highest BCUT2D eigenvalue weighted by atomic mass is 15.1. The van der Waals surface area contributed by atoms with Crippen molar-refractivity contribution in [1.29, 1.82) is 0 Å². The van der Waals surface area contributed by atoms with E-state index in [9.17, 15) is 0 Å². The average Bonchev–Trinajstić information content (AvgIpc) is 2.79. The molecule has 0 saturated carbocycles. The molecule has 0 aromatic carbocycles. The van der Waals surface area contributed by atoms with Crippen molar-refractivity contribution in [2.24, 2.45) is 5.92 Å². The van der Waals surface area contributed by atoms with Crippen molar-refractivity contribution in [3.8, 4) is 0 Å². The van der Waals surface area contributed by atoms with Crippen molar-refractivity contribution >= 4 is 11.2 Å². The quantitative estimate of drug-likeness (QED) is 0.914. The van der Waals surface area contributed by atoms with E-state index in [4.69, 9.17) is 4.98 Å².